The van der Waals surface area contributed by atoms with E-state index in [1.165, 1.54) is 0 Å². The molecule has 9 heteroatoms. The van der Waals surface area contributed by atoms with Crippen LogP contribution in [0.3, 0.4) is 0 Å². The Kier molecular flexibility index (Phi) is 7.19. The van der Waals surface area contributed by atoms with Crippen molar-refractivity contribution in [2.75, 3.05) is 70.9 Å². The number of para-hydroxylation sites is 1. The van der Waals surface area contributed by atoms with Crippen LogP contribution in [0.1, 0.15) is 11.4 Å². The van der Waals surface area contributed by atoms with Gasteiger partial charge in [-0.15, -0.1) is 0 Å². The molecule has 0 spiro atoms. The molecule has 0 radical (unpaired) electrons. The third kappa shape index (κ3) is 5.35. The average molecular weight is 441 g/mol. The van der Waals surface area contributed by atoms with Gasteiger partial charge in [-0.25, -0.2) is 4.68 Å². The van der Waals surface area contributed by atoms with Crippen molar-refractivity contribution < 1.29 is 14.3 Å². The largest absolute Gasteiger partial charge is 0.379 e. The number of carbonyl (C=O) groups excluding carboxylic acids is 2. The smallest absolute Gasteiger partial charge is 0.238 e. The Morgan fingerprint density at radius 1 is 0.938 bits per heavy atom. The number of piperazine rings is 1. The van der Waals surface area contributed by atoms with Crippen LogP contribution in [0, 0.1) is 13.8 Å². The van der Waals surface area contributed by atoms with E-state index in [-0.39, 0.29) is 11.8 Å². The Balaban J connectivity index is 1.27. The van der Waals surface area contributed by atoms with Crippen LogP contribution in [0.5, 0.6) is 0 Å². The molecule has 0 bridgehead atoms. The molecule has 2 amide bonds. The van der Waals surface area contributed by atoms with Crippen LogP contribution < -0.4 is 5.32 Å². The highest BCUT2D eigenvalue weighted by Crippen LogP contribution is 2.22. The minimum absolute atomic E-state index is 0.0584. The van der Waals surface area contributed by atoms with E-state index >= 15 is 0 Å². The van der Waals surface area contributed by atoms with Crippen LogP contribution in [0.25, 0.3) is 5.69 Å². The highest BCUT2D eigenvalue weighted by Gasteiger charge is 2.25. The molecular formula is C23H32N6O3. The first kappa shape index (κ1) is 22.4. The van der Waals surface area contributed by atoms with Gasteiger partial charge in [0.1, 0.15) is 0 Å². The lowest BCUT2D eigenvalue weighted by atomic mass is 10.2. The van der Waals surface area contributed by atoms with Crippen LogP contribution in [0.15, 0.2) is 30.3 Å². The summed E-state index contributed by atoms with van der Waals surface area (Å²) in [5.41, 5.74) is 3.42. The predicted octanol–water partition coefficient (Wildman–Crippen LogP) is 0.904. The molecule has 9 nitrogen and oxygen atoms in total. The fourth-order valence-corrected chi connectivity index (χ4v) is 4.23. The monoisotopic (exact) mass is 440 g/mol. The number of carbonyl (C=O) groups is 2. The Morgan fingerprint density at radius 2 is 1.59 bits per heavy atom. The molecule has 0 unspecified atom stereocenters. The van der Waals surface area contributed by atoms with E-state index in [0.717, 1.165) is 35.9 Å². The van der Waals surface area contributed by atoms with Crippen LogP contribution in [0.2, 0.25) is 0 Å². The summed E-state index contributed by atoms with van der Waals surface area (Å²) in [6.07, 6.45) is 0. The van der Waals surface area contributed by atoms with Gasteiger partial charge >= 0.3 is 0 Å². The highest BCUT2D eigenvalue weighted by molar-refractivity contribution is 5.93. The second-order valence-corrected chi connectivity index (χ2v) is 8.39. The Morgan fingerprint density at radius 3 is 2.28 bits per heavy atom. The number of aromatic nitrogens is 2. The third-order valence-electron chi connectivity index (χ3n) is 6.11. The fourth-order valence-electron chi connectivity index (χ4n) is 4.23. The number of nitrogens with zero attached hydrogens (tertiary/aromatic N) is 5. The van der Waals surface area contributed by atoms with E-state index in [1.54, 1.807) is 0 Å². The molecular weight excluding hydrogens is 408 g/mol. The number of anilines is 1. The lowest BCUT2D eigenvalue weighted by Crippen LogP contribution is -2.53. The minimum Gasteiger partial charge on any atom is -0.379 e. The summed E-state index contributed by atoms with van der Waals surface area (Å²) in [6.45, 7) is 10.3. The number of hydrogen-bond acceptors (Lipinski definition) is 6. The zero-order valence-corrected chi connectivity index (χ0v) is 18.9. The molecule has 4 rings (SSSR count). The van der Waals surface area contributed by atoms with Gasteiger partial charge in [-0.3, -0.25) is 19.4 Å². The fraction of sp³-hybridized carbons (Fsp3) is 0.522. The standard InChI is InChI=1S/C23H32N6O3/c1-18-23(19(2)29(25-18)20-6-4-3-5-7-20)24-21(30)16-26-8-10-28(11-9-26)22(31)17-27-12-14-32-15-13-27/h3-7H,8-17H2,1-2H3,(H,24,30). The first-order valence-electron chi connectivity index (χ1n) is 11.2. The topological polar surface area (TPSA) is 82.9 Å². The maximum atomic E-state index is 12.7. The molecule has 0 aliphatic carbocycles. The van der Waals surface area contributed by atoms with E-state index in [2.05, 4.69) is 20.2 Å². The van der Waals surface area contributed by atoms with Gasteiger partial charge in [0.05, 0.1) is 49.1 Å². The molecule has 2 aliphatic heterocycles. The second kappa shape index (κ2) is 10.2. The molecule has 2 fully saturated rings. The van der Waals surface area contributed by atoms with E-state index in [9.17, 15) is 9.59 Å². The molecule has 32 heavy (non-hydrogen) atoms. The third-order valence-corrected chi connectivity index (χ3v) is 6.11. The summed E-state index contributed by atoms with van der Waals surface area (Å²) >= 11 is 0. The molecule has 0 saturated carbocycles. The summed E-state index contributed by atoms with van der Waals surface area (Å²) in [4.78, 5) is 31.4. The molecule has 2 saturated heterocycles. The van der Waals surface area contributed by atoms with Crippen molar-refractivity contribution in [2.24, 2.45) is 0 Å². The van der Waals surface area contributed by atoms with Crippen molar-refractivity contribution in [3.8, 4) is 5.69 Å². The molecule has 3 heterocycles. The zero-order chi connectivity index (χ0) is 22.5. The van der Waals surface area contributed by atoms with Gasteiger partial charge in [-0.1, -0.05) is 18.2 Å². The molecule has 2 aliphatic rings. The quantitative estimate of drug-likeness (QED) is 0.719. The minimum atomic E-state index is -0.0584. The van der Waals surface area contributed by atoms with Crippen molar-refractivity contribution in [3.05, 3.63) is 41.7 Å². The number of hydrogen-bond donors (Lipinski definition) is 1. The molecule has 1 N–H and O–H groups in total. The molecule has 1 aromatic carbocycles. The van der Waals surface area contributed by atoms with E-state index in [4.69, 9.17) is 4.74 Å². The van der Waals surface area contributed by atoms with E-state index < -0.39 is 0 Å². The van der Waals surface area contributed by atoms with Crippen molar-refractivity contribution in [1.29, 1.82) is 0 Å². The molecule has 0 atom stereocenters. The Hall–Kier alpha value is -2.75. The van der Waals surface area contributed by atoms with Gasteiger partial charge in [0.15, 0.2) is 0 Å². The van der Waals surface area contributed by atoms with Gasteiger partial charge in [0, 0.05) is 39.3 Å². The molecule has 172 valence electrons. The van der Waals surface area contributed by atoms with E-state index in [1.807, 2.05) is 53.8 Å². The van der Waals surface area contributed by atoms with Crippen molar-refractivity contribution >= 4 is 17.5 Å². The van der Waals surface area contributed by atoms with Gasteiger partial charge in [0.2, 0.25) is 11.8 Å². The van der Waals surface area contributed by atoms with Gasteiger partial charge in [-0.2, -0.15) is 5.10 Å². The number of aryl methyl sites for hydroxylation is 1. The maximum absolute atomic E-state index is 12.7. The summed E-state index contributed by atoms with van der Waals surface area (Å²) in [6, 6.07) is 9.88. The Bertz CT molecular complexity index is 931. The highest BCUT2D eigenvalue weighted by atomic mass is 16.5. The van der Waals surface area contributed by atoms with E-state index in [0.29, 0.717) is 52.5 Å². The number of benzene rings is 1. The summed E-state index contributed by atoms with van der Waals surface area (Å²) < 4.78 is 7.19. The van der Waals surface area contributed by atoms with Crippen LogP contribution in [0.4, 0.5) is 5.69 Å². The van der Waals surface area contributed by atoms with Crippen LogP contribution in [-0.2, 0) is 14.3 Å². The molecule has 1 aromatic heterocycles. The van der Waals surface area contributed by atoms with Crippen molar-refractivity contribution in [3.63, 3.8) is 0 Å². The first-order valence-corrected chi connectivity index (χ1v) is 11.2. The lowest BCUT2D eigenvalue weighted by Gasteiger charge is -2.36. The molecule has 2 aromatic rings. The van der Waals surface area contributed by atoms with Crippen molar-refractivity contribution in [1.82, 2.24) is 24.5 Å². The van der Waals surface area contributed by atoms with Crippen LogP contribution >= 0.6 is 0 Å². The summed E-state index contributed by atoms with van der Waals surface area (Å²) in [5.74, 6) is 0.104. The predicted molar refractivity (Wildman–Crippen MR) is 122 cm³/mol. The van der Waals surface area contributed by atoms with Gasteiger partial charge < -0.3 is 15.0 Å². The second-order valence-electron chi connectivity index (χ2n) is 8.39. The number of morpholine rings is 1. The lowest BCUT2D eigenvalue weighted by molar-refractivity contribution is -0.135. The number of amides is 2. The normalized spacial score (nSPS) is 18.0. The van der Waals surface area contributed by atoms with Gasteiger partial charge in [-0.05, 0) is 26.0 Å². The summed E-state index contributed by atoms with van der Waals surface area (Å²) in [7, 11) is 0. The summed E-state index contributed by atoms with van der Waals surface area (Å²) in [5, 5.41) is 7.63. The van der Waals surface area contributed by atoms with Crippen LogP contribution in [-0.4, -0.2) is 102 Å². The zero-order valence-electron chi connectivity index (χ0n) is 18.9. The Labute approximate surface area is 188 Å². The average Bonchev–Trinajstić information content (AvgIpc) is 3.09. The van der Waals surface area contributed by atoms with Crippen molar-refractivity contribution in [2.45, 2.75) is 13.8 Å². The SMILES string of the molecule is Cc1nn(-c2ccccc2)c(C)c1NC(=O)CN1CCN(C(=O)CN2CCOCC2)CC1. The maximum Gasteiger partial charge on any atom is 0.238 e. The number of rotatable bonds is 6. The first-order chi connectivity index (χ1) is 15.5. The number of ether oxygens (including phenoxy) is 1. The number of nitrogens with one attached hydrogen (secondary N) is 1. The van der Waals surface area contributed by atoms with Gasteiger partial charge in [0.25, 0.3) is 0 Å².